The molecule has 1 heterocycles. The molecule has 0 radical (unpaired) electrons. The lowest BCUT2D eigenvalue weighted by molar-refractivity contribution is 0.405. The second-order valence-corrected chi connectivity index (χ2v) is 5.27. The quantitative estimate of drug-likeness (QED) is 0.761. The molecule has 0 saturated carbocycles. The molecule has 0 amide bonds. The summed E-state index contributed by atoms with van der Waals surface area (Å²) in [5.41, 5.74) is 8.64. The molecule has 1 aromatic heterocycles. The number of hydrogen-bond acceptors (Lipinski definition) is 5. The number of nitrogens with zero attached hydrogens (tertiary/aromatic N) is 3. The monoisotopic (exact) mass is 285 g/mol. The summed E-state index contributed by atoms with van der Waals surface area (Å²) in [4.78, 5) is 11.0. The van der Waals surface area contributed by atoms with Crippen LogP contribution >= 0.6 is 0 Å². The standard InChI is InChI=1S/C16H23N5/c1-21(2)9-3-8-18-16-12-19-15(11-20-16)14-6-4-13(10-17)5-7-14/h4-7,11-12H,3,8-10,17H2,1-2H3,(H,18,20). The fourth-order valence-corrected chi connectivity index (χ4v) is 1.99. The smallest absolute Gasteiger partial charge is 0.144 e. The summed E-state index contributed by atoms with van der Waals surface area (Å²) in [5.74, 6) is 0.816. The van der Waals surface area contributed by atoms with Gasteiger partial charge in [-0.25, -0.2) is 4.98 Å². The van der Waals surface area contributed by atoms with Crippen molar-refractivity contribution < 1.29 is 0 Å². The largest absolute Gasteiger partial charge is 0.369 e. The van der Waals surface area contributed by atoms with Gasteiger partial charge in [-0.1, -0.05) is 24.3 Å². The molecule has 2 rings (SSSR count). The first-order valence-corrected chi connectivity index (χ1v) is 7.19. The van der Waals surface area contributed by atoms with E-state index < -0.39 is 0 Å². The highest BCUT2D eigenvalue weighted by Gasteiger charge is 2.01. The molecular formula is C16H23N5. The maximum absolute atomic E-state index is 5.60. The topological polar surface area (TPSA) is 67.1 Å². The van der Waals surface area contributed by atoms with E-state index in [-0.39, 0.29) is 0 Å². The van der Waals surface area contributed by atoms with Gasteiger partial charge >= 0.3 is 0 Å². The van der Waals surface area contributed by atoms with Crippen molar-refractivity contribution in [1.82, 2.24) is 14.9 Å². The number of rotatable bonds is 7. The highest BCUT2D eigenvalue weighted by atomic mass is 15.1. The molecule has 3 N–H and O–H groups in total. The Hall–Kier alpha value is -1.98. The first-order valence-electron chi connectivity index (χ1n) is 7.19. The molecule has 0 aliphatic carbocycles. The average Bonchev–Trinajstić information content (AvgIpc) is 2.52. The summed E-state index contributed by atoms with van der Waals surface area (Å²) < 4.78 is 0. The van der Waals surface area contributed by atoms with Crippen molar-refractivity contribution in [3.05, 3.63) is 42.2 Å². The maximum atomic E-state index is 5.60. The molecule has 0 bridgehead atoms. The summed E-state index contributed by atoms with van der Waals surface area (Å²) >= 11 is 0. The minimum absolute atomic E-state index is 0.557. The van der Waals surface area contributed by atoms with E-state index in [0.29, 0.717) is 6.54 Å². The third-order valence-corrected chi connectivity index (χ3v) is 3.23. The molecule has 0 spiro atoms. The van der Waals surface area contributed by atoms with Gasteiger partial charge in [0.2, 0.25) is 0 Å². The highest BCUT2D eigenvalue weighted by Crippen LogP contribution is 2.17. The molecule has 0 fully saturated rings. The van der Waals surface area contributed by atoms with Crippen molar-refractivity contribution in [2.75, 3.05) is 32.5 Å². The lowest BCUT2D eigenvalue weighted by atomic mass is 10.1. The molecule has 0 aliphatic rings. The minimum atomic E-state index is 0.557. The van der Waals surface area contributed by atoms with Crippen LogP contribution in [0.3, 0.4) is 0 Å². The van der Waals surface area contributed by atoms with E-state index in [1.54, 1.807) is 12.4 Å². The third-order valence-electron chi connectivity index (χ3n) is 3.23. The number of benzene rings is 1. The lowest BCUT2D eigenvalue weighted by Crippen LogP contribution is -2.16. The normalized spacial score (nSPS) is 10.9. The molecule has 112 valence electrons. The SMILES string of the molecule is CN(C)CCCNc1cnc(-c2ccc(CN)cc2)cn1. The Balaban J connectivity index is 1.91. The second-order valence-electron chi connectivity index (χ2n) is 5.27. The van der Waals surface area contributed by atoms with Crippen LogP contribution in [0.2, 0.25) is 0 Å². The van der Waals surface area contributed by atoms with Crippen LogP contribution in [-0.2, 0) is 6.54 Å². The highest BCUT2D eigenvalue weighted by molar-refractivity contribution is 5.59. The fourth-order valence-electron chi connectivity index (χ4n) is 1.99. The molecule has 0 aliphatic heterocycles. The fraction of sp³-hybridized carbons (Fsp3) is 0.375. The van der Waals surface area contributed by atoms with Crippen molar-refractivity contribution in [3.63, 3.8) is 0 Å². The molecular weight excluding hydrogens is 262 g/mol. The Morgan fingerprint density at radius 3 is 2.43 bits per heavy atom. The van der Waals surface area contributed by atoms with Gasteiger partial charge in [0.15, 0.2) is 0 Å². The van der Waals surface area contributed by atoms with Crippen LogP contribution in [0.25, 0.3) is 11.3 Å². The van der Waals surface area contributed by atoms with Crippen LogP contribution < -0.4 is 11.1 Å². The summed E-state index contributed by atoms with van der Waals surface area (Å²) in [6, 6.07) is 8.08. The molecule has 5 nitrogen and oxygen atoms in total. The van der Waals surface area contributed by atoms with Gasteiger partial charge in [0.25, 0.3) is 0 Å². The summed E-state index contributed by atoms with van der Waals surface area (Å²) in [6.07, 6.45) is 4.66. The van der Waals surface area contributed by atoms with E-state index in [0.717, 1.165) is 42.1 Å². The van der Waals surface area contributed by atoms with Crippen LogP contribution in [0.1, 0.15) is 12.0 Å². The molecule has 21 heavy (non-hydrogen) atoms. The van der Waals surface area contributed by atoms with Gasteiger partial charge in [0.1, 0.15) is 5.82 Å². The Morgan fingerprint density at radius 2 is 1.86 bits per heavy atom. The van der Waals surface area contributed by atoms with Crippen molar-refractivity contribution in [2.24, 2.45) is 5.73 Å². The van der Waals surface area contributed by atoms with Gasteiger partial charge in [0.05, 0.1) is 18.1 Å². The van der Waals surface area contributed by atoms with Crippen LogP contribution in [-0.4, -0.2) is 42.1 Å². The van der Waals surface area contributed by atoms with Gasteiger partial charge in [-0.15, -0.1) is 0 Å². The summed E-state index contributed by atoms with van der Waals surface area (Å²) in [5, 5.41) is 3.28. The van der Waals surface area contributed by atoms with E-state index in [4.69, 9.17) is 5.73 Å². The van der Waals surface area contributed by atoms with Crippen LogP contribution in [0.5, 0.6) is 0 Å². The number of anilines is 1. The average molecular weight is 285 g/mol. The molecule has 0 saturated heterocycles. The predicted octanol–water partition coefficient (Wildman–Crippen LogP) is 1.97. The van der Waals surface area contributed by atoms with Gasteiger partial charge in [-0.05, 0) is 32.6 Å². The number of hydrogen-bond donors (Lipinski definition) is 2. The van der Waals surface area contributed by atoms with Crippen LogP contribution in [0.15, 0.2) is 36.7 Å². The predicted molar refractivity (Wildman–Crippen MR) is 87.0 cm³/mol. The molecule has 0 atom stereocenters. The molecule has 5 heteroatoms. The summed E-state index contributed by atoms with van der Waals surface area (Å²) in [7, 11) is 4.15. The van der Waals surface area contributed by atoms with E-state index >= 15 is 0 Å². The summed E-state index contributed by atoms with van der Waals surface area (Å²) in [6.45, 7) is 2.52. The first-order chi connectivity index (χ1) is 10.2. The van der Waals surface area contributed by atoms with E-state index in [2.05, 4.69) is 34.3 Å². The number of aromatic nitrogens is 2. The molecule has 2 aromatic rings. The Labute approximate surface area is 126 Å². The van der Waals surface area contributed by atoms with Gasteiger partial charge < -0.3 is 16.0 Å². The first kappa shape index (κ1) is 15.4. The van der Waals surface area contributed by atoms with Gasteiger partial charge in [-0.3, -0.25) is 4.98 Å². The van der Waals surface area contributed by atoms with Crippen molar-refractivity contribution >= 4 is 5.82 Å². The van der Waals surface area contributed by atoms with E-state index in [1.807, 2.05) is 24.3 Å². The zero-order valence-corrected chi connectivity index (χ0v) is 12.7. The second kappa shape index (κ2) is 7.71. The zero-order valence-electron chi connectivity index (χ0n) is 12.7. The van der Waals surface area contributed by atoms with Gasteiger partial charge in [-0.2, -0.15) is 0 Å². The zero-order chi connectivity index (χ0) is 15.1. The Morgan fingerprint density at radius 1 is 1.10 bits per heavy atom. The number of nitrogens with one attached hydrogen (secondary N) is 1. The minimum Gasteiger partial charge on any atom is -0.369 e. The van der Waals surface area contributed by atoms with Crippen molar-refractivity contribution in [3.8, 4) is 11.3 Å². The Kier molecular flexibility index (Phi) is 5.66. The maximum Gasteiger partial charge on any atom is 0.144 e. The van der Waals surface area contributed by atoms with E-state index in [1.165, 1.54) is 0 Å². The van der Waals surface area contributed by atoms with E-state index in [9.17, 15) is 0 Å². The molecule has 1 aromatic carbocycles. The van der Waals surface area contributed by atoms with Gasteiger partial charge in [0, 0.05) is 18.7 Å². The number of nitrogens with two attached hydrogens (primary N) is 1. The molecule has 0 unspecified atom stereocenters. The lowest BCUT2D eigenvalue weighted by Gasteiger charge is -2.10. The Bertz CT molecular complexity index is 534. The van der Waals surface area contributed by atoms with Crippen LogP contribution in [0.4, 0.5) is 5.82 Å². The third kappa shape index (κ3) is 4.81. The van der Waals surface area contributed by atoms with Crippen LogP contribution in [0, 0.1) is 0 Å². The van der Waals surface area contributed by atoms with Crippen molar-refractivity contribution in [1.29, 1.82) is 0 Å². The van der Waals surface area contributed by atoms with Crippen molar-refractivity contribution in [2.45, 2.75) is 13.0 Å².